The van der Waals surface area contributed by atoms with Gasteiger partial charge in [0.15, 0.2) is 6.61 Å². The van der Waals surface area contributed by atoms with E-state index in [1.807, 2.05) is 25.1 Å². The number of halogens is 1. The van der Waals surface area contributed by atoms with Crippen molar-refractivity contribution in [3.63, 3.8) is 0 Å². The molecule has 1 fully saturated rings. The van der Waals surface area contributed by atoms with E-state index < -0.39 is 5.97 Å². The fraction of sp³-hybridized carbons (Fsp3) is 0.500. The molecule has 1 N–H and O–H groups in total. The molecule has 126 valence electrons. The highest BCUT2D eigenvalue weighted by atomic mass is 79.9. The van der Waals surface area contributed by atoms with Gasteiger partial charge in [-0.1, -0.05) is 15.9 Å². The van der Waals surface area contributed by atoms with E-state index in [9.17, 15) is 9.59 Å². The fourth-order valence-corrected chi connectivity index (χ4v) is 3.47. The number of nitrogens with one attached hydrogen (secondary N) is 1. The first-order chi connectivity index (χ1) is 11.0. The number of esters is 1. The average Bonchev–Trinajstić information content (AvgIpc) is 3.03. The molecule has 0 aromatic heterocycles. The lowest BCUT2D eigenvalue weighted by Crippen LogP contribution is -2.35. The molecule has 23 heavy (non-hydrogen) atoms. The Balaban J connectivity index is 1.63. The lowest BCUT2D eigenvalue weighted by Gasteiger charge is -2.11. The lowest BCUT2D eigenvalue weighted by molar-refractivity contribution is -0.146. The van der Waals surface area contributed by atoms with E-state index in [1.54, 1.807) is 0 Å². The van der Waals surface area contributed by atoms with E-state index in [4.69, 9.17) is 9.47 Å². The number of carbonyl (C=O) groups is 2. The molecule has 7 heteroatoms. The molecule has 5 nitrogen and oxygen atoms in total. The predicted molar refractivity (Wildman–Crippen MR) is 92.5 cm³/mol. The van der Waals surface area contributed by atoms with E-state index in [0.717, 1.165) is 34.4 Å². The van der Waals surface area contributed by atoms with Gasteiger partial charge in [0.25, 0.3) is 5.91 Å². The van der Waals surface area contributed by atoms with Gasteiger partial charge in [0.1, 0.15) is 0 Å². The number of hydrogen-bond donors (Lipinski definition) is 1. The highest BCUT2D eigenvalue weighted by Gasteiger charge is 2.16. The summed E-state index contributed by atoms with van der Waals surface area (Å²) in [6.07, 6.45) is 2.08. The lowest BCUT2D eigenvalue weighted by atomic mass is 10.2. The summed E-state index contributed by atoms with van der Waals surface area (Å²) in [6.45, 7) is 2.97. The number of rotatable bonds is 7. The number of amides is 1. The van der Waals surface area contributed by atoms with Gasteiger partial charge in [-0.05, 0) is 43.5 Å². The number of thioether (sulfide) groups is 1. The summed E-state index contributed by atoms with van der Waals surface area (Å²) >= 11 is 4.80. The van der Waals surface area contributed by atoms with Crippen LogP contribution in [0.25, 0.3) is 0 Å². The molecule has 0 bridgehead atoms. The van der Waals surface area contributed by atoms with Crippen LogP contribution in [-0.2, 0) is 19.1 Å². The number of hydrogen-bond acceptors (Lipinski definition) is 5. The molecule has 2 rings (SSSR count). The van der Waals surface area contributed by atoms with Crippen molar-refractivity contribution < 1.29 is 19.1 Å². The van der Waals surface area contributed by atoms with Gasteiger partial charge in [-0.3, -0.25) is 9.59 Å². The van der Waals surface area contributed by atoms with Gasteiger partial charge in [0, 0.05) is 22.5 Å². The van der Waals surface area contributed by atoms with Crippen LogP contribution in [0.3, 0.4) is 0 Å². The van der Waals surface area contributed by atoms with Gasteiger partial charge in [0.2, 0.25) is 0 Å². The maximum Gasteiger partial charge on any atom is 0.316 e. The summed E-state index contributed by atoms with van der Waals surface area (Å²) in [4.78, 5) is 24.3. The SMILES string of the molecule is Cc1cc(Br)ccc1SCC(=O)OCC(=O)NC[C@H]1CCCO1. The highest BCUT2D eigenvalue weighted by Crippen LogP contribution is 2.25. The Morgan fingerprint density at radius 2 is 2.30 bits per heavy atom. The van der Waals surface area contributed by atoms with Crippen LogP contribution in [-0.4, -0.2) is 43.5 Å². The minimum absolute atomic E-state index is 0.0885. The molecular weight excluding hydrogens is 382 g/mol. The van der Waals surface area contributed by atoms with Crippen molar-refractivity contribution in [2.24, 2.45) is 0 Å². The minimum Gasteiger partial charge on any atom is -0.455 e. The molecule has 1 aliphatic heterocycles. The van der Waals surface area contributed by atoms with E-state index in [2.05, 4.69) is 21.2 Å². The first kappa shape index (κ1) is 18.3. The van der Waals surface area contributed by atoms with Crippen molar-refractivity contribution in [1.29, 1.82) is 0 Å². The van der Waals surface area contributed by atoms with Crippen LogP contribution in [0.1, 0.15) is 18.4 Å². The molecule has 0 unspecified atom stereocenters. The summed E-state index contributed by atoms with van der Waals surface area (Å²) in [5, 5.41) is 2.72. The molecule has 0 saturated carbocycles. The molecule has 1 atom stereocenters. The van der Waals surface area contributed by atoms with Crippen LogP contribution in [0.15, 0.2) is 27.6 Å². The van der Waals surface area contributed by atoms with Crippen LogP contribution in [0.4, 0.5) is 0 Å². The van der Waals surface area contributed by atoms with Crippen molar-refractivity contribution >= 4 is 39.6 Å². The third-order valence-corrected chi connectivity index (χ3v) is 5.04. The molecule has 1 aliphatic rings. The highest BCUT2D eigenvalue weighted by molar-refractivity contribution is 9.10. The van der Waals surface area contributed by atoms with Crippen LogP contribution in [0, 0.1) is 6.92 Å². The van der Waals surface area contributed by atoms with Gasteiger partial charge in [0.05, 0.1) is 11.9 Å². The largest absolute Gasteiger partial charge is 0.455 e. The van der Waals surface area contributed by atoms with E-state index in [-0.39, 0.29) is 24.4 Å². The van der Waals surface area contributed by atoms with Gasteiger partial charge in [-0.2, -0.15) is 0 Å². The zero-order chi connectivity index (χ0) is 16.7. The third-order valence-electron chi connectivity index (χ3n) is 3.40. The molecule has 0 aliphatic carbocycles. The van der Waals surface area contributed by atoms with Gasteiger partial charge < -0.3 is 14.8 Å². The standard InChI is InChI=1S/C16H20BrNO4S/c1-11-7-12(17)4-5-14(11)23-10-16(20)22-9-15(19)18-8-13-3-2-6-21-13/h4-5,7,13H,2-3,6,8-10H2,1H3,(H,18,19)/t13-/m1/s1. The summed E-state index contributed by atoms with van der Waals surface area (Å²) in [5.74, 6) is -0.509. The molecule has 0 radical (unpaired) electrons. The second-order valence-corrected chi connectivity index (χ2v) is 7.23. The summed E-state index contributed by atoms with van der Waals surface area (Å²) < 4.78 is 11.4. The zero-order valence-corrected chi connectivity index (χ0v) is 15.4. The fourth-order valence-electron chi connectivity index (χ4n) is 2.18. The Morgan fingerprint density at radius 3 is 3.00 bits per heavy atom. The Labute approximate surface area is 148 Å². The Morgan fingerprint density at radius 1 is 1.48 bits per heavy atom. The Kier molecular flexibility index (Phi) is 7.39. The van der Waals surface area contributed by atoms with Crippen molar-refractivity contribution in [1.82, 2.24) is 5.32 Å². The molecule has 1 amide bonds. The van der Waals surface area contributed by atoms with Crippen LogP contribution in [0.5, 0.6) is 0 Å². The normalized spacial score (nSPS) is 17.0. The van der Waals surface area contributed by atoms with Crippen molar-refractivity contribution in [3.05, 3.63) is 28.2 Å². The van der Waals surface area contributed by atoms with Crippen LogP contribution >= 0.6 is 27.7 Å². The van der Waals surface area contributed by atoms with Gasteiger partial charge in [-0.15, -0.1) is 11.8 Å². The van der Waals surface area contributed by atoms with E-state index in [1.165, 1.54) is 11.8 Å². The summed E-state index contributed by atoms with van der Waals surface area (Å²) in [6, 6.07) is 5.87. The number of aryl methyl sites for hydroxylation is 1. The summed E-state index contributed by atoms with van der Waals surface area (Å²) in [5.41, 5.74) is 1.09. The molecular formula is C16H20BrNO4S. The number of benzene rings is 1. The maximum atomic E-state index is 11.7. The molecule has 1 aromatic carbocycles. The quantitative estimate of drug-likeness (QED) is 0.561. The van der Waals surface area contributed by atoms with E-state index >= 15 is 0 Å². The molecule has 1 heterocycles. The second-order valence-electron chi connectivity index (χ2n) is 5.30. The first-order valence-electron chi connectivity index (χ1n) is 7.47. The molecule has 1 aromatic rings. The topological polar surface area (TPSA) is 64.6 Å². The molecule has 1 saturated heterocycles. The smallest absolute Gasteiger partial charge is 0.316 e. The maximum absolute atomic E-state index is 11.7. The average molecular weight is 402 g/mol. The monoisotopic (exact) mass is 401 g/mol. The first-order valence-corrected chi connectivity index (χ1v) is 9.25. The van der Waals surface area contributed by atoms with Crippen molar-refractivity contribution in [2.75, 3.05) is 25.5 Å². The van der Waals surface area contributed by atoms with Crippen molar-refractivity contribution in [3.8, 4) is 0 Å². The molecule has 0 spiro atoms. The minimum atomic E-state index is -0.399. The number of carbonyl (C=O) groups excluding carboxylic acids is 2. The van der Waals surface area contributed by atoms with Gasteiger partial charge >= 0.3 is 5.97 Å². The Bertz CT molecular complexity index is 561. The van der Waals surface area contributed by atoms with Gasteiger partial charge in [-0.25, -0.2) is 0 Å². The number of ether oxygens (including phenoxy) is 2. The zero-order valence-electron chi connectivity index (χ0n) is 13.0. The Hall–Kier alpha value is -1.05. The second kappa shape index (κ2) is 9.30. The van der Waals surface area contributed by atoms with Crippen LogP contribution in [0.2, 0.25) is 0 Å². The van der Waals surface area contributed by atoms with Crippen LogP contribution < -0.4 is 5.32 Å². The van der Waals surface area contributed by atoms with E-state index in [0.29, 0.717) is 6.54 Å². The summed E-state index contributed by atoms with van der Waals surface area (Å²) in [7, 11) is 0. The van der Waals surface area contributed by atoms with Crippen molar-refractivity contribution in [2.45, 2.75) is 30.8 Å². The predicted octanol–water partition coefficient (Wildman–Crippen LogP) is 2.69. The third kappa shape index (κ3) is 6.53.